The van der Waals surface area contributed by atoms with E-state index in [1.54, 1.807) is 54.6 Å². The Bertz CT molecular complexity index is 1920. The Morgan fingerprint density at radius 3 is 0.885 bits per heavy atom. The van der Waals surface area contributed by atoms with Crippen molar-refractivity contribution >= 4 is 29.5 Å². The third-order valence-corrected chi connectivity index (χ3v) is 10.1. The summed E-state index contributed by atoms with van der Waals surface area (Å²) in [6.45, 7) is -1.67. The summed E-state index contributed by atoms with van der Waals surface area (Å²) in [4.78, 5) is 78.7. The molecule has 1 heterocycles. The second kappa shape index (κ2) is 23.5. The van der Waals surface area contributed by atoms with Gasteiger partial charge in [-0.25, -0.2) is 0 Å². The fourth-order valence-corrected chi connectivity index (χ4v) is 6.76. The molecule has 61 heavy (non-hydrogen) atoms. The third-order valence-electron chi connectivity index (χ3n) is 10.1. The number of ether oxygens (including phenoxy) is 6. The first-order chi connectivity index (χ1) is 29.4. The van der Waals surface area contributed by atoms with Crippen LogP contribution < -0.4 is 39.9 Å². The number of carbonyl (C=O) groups excluding carboxylic acids is 5. The van der Waals surface area contributed by atoms with E-state index in [1.165, 1.54) is 67.2 Å². The number of nitrogens with zero attached hydrogens (tertiary/aromatic N) is 5. The molecule has 0 aliphatic carbocycles. The highest BCUT2D eigenvalue weighted by atomic mass is 16.5. The number of hydrogen-bond donors (Lipinski definition) is 2. The fourth-order valence-electron chi connectivity index (χ4n) is 6.76. The molecule has 18 nitrogen and oxygen atoms in total. The van der Waals surface area contributed by atoms with Gasteiger partial charge in [0.2, 0.25) is 29.5 Å². The van der Waals surface area contributed by atoms with E-state index in [-0.39, 0.29) is 45.8 Å². The summed E-state index contributed by atoms with van der Waals surface area (Å²) in [6, 6.07) is 15.4. The summed E-state index contributed by atoms with van der Waals surface area (Å²) in [5.41, 5.74) is 13.6. The van der Waals surface area contributed by atoms with Crippen LogP contribution in [0.25, 0.3) is 0 Å². The summed E-state index contributed by atoms with van der Waals surface area (Å²) in [7, 11) is 8.97. The average Bonchev–Trinajstić information content (AvgIpc) is 3.27. The second-order valence-electron chi connectivity index (χ2n) is 14.2. The first-order valence-electron chi connectivity index (χ1n) is 19.8. The predicted molar refractivity (Wildman–Crippen MR) is 225 cm³/mol. The summed E-state index contributed by atoms with van der Waals surface area (Å²) in [5, 5.41) is 0. The zero-order chi connectivity index (χ0) is 44.5. The smallest absolute Gasteiger partial charge is 0.242 e. The van der Waals surface area contributed by atoms with Crippen LogP contribution in [0.1, 0.15) is 29.5 Å². The Hall–Kier alpha value is -6.27. The lowest BCUT2D eigenvalue weighted by Gasteiger charge is -2.31. The number of rotatable bonds is 18. The summed E-state index contributed by atoms with van der Waals surface area (Å²) in [5.74, 6) is -0.0741. The molecule has 0 radical (unpaired) electrons. The molecule has 18 heteroatoms. The maximum Gasteiger partial charge on any atom is 0.242 e. The van der Waals surface area contributed by atoms with Crippen molar-refractivity contribution in [3.63, 3.8) is 0 Å². The van der Waals surface area contributed by atoms with Crippen molar-refractivity contribution in [3.8, 4) is 34.5 Å². The molecule has 0 aromatic heterocycles. The topological polar surface area (TPSA) is 209 Å². The minimum absolute atomic E-state index is 0.0438. The van der Waals surface area contributed by atoms with Crippen LogP contribution in [0.3, 0.4) is 0 Å². The summed E-state index contributed by atoms with van der Waals surface area (Å²) >= 11 is 0. The minimum atomic E-state index is -0.563. The van der Waals surface area contributed by atoms with Crippen molar-refractivity contribution in [1.29, 1.82) is 0 Å². The first-order valence-corrected chi connectivity index (χ1v) is 19.8. The van der Waals surface area contributed by atoms with Crippen molar-refractivity contribution in [1.82, 2.24) is 24.5 Å². The van der Waals surface area contributed by atoms with E-state index in [0.29, 0.717) is 64.0 Å². The quantitative estimate of drug-likeness (QED) is 0.186. The Morgan fingerprint density at radius 2 is 0.639 bits per heavy atom. The lowest BCUT2D eigenvalue weighted by atomic mass is 10.1. The van der Waals surface area contributed by atoms with E-state index in [0.717, 1.165) is 0 Å². The van der Waals surface area contributed by atoms with Crippen LogP contribution in [-0.2, 0) is 43.6 Å². The fraction of sp³-hybridized carbons (Fsp3) is 0.465. The lowest BCUT2D eigenvalue weighted by Crippen LogP contribution is -2.50. The lowest BCUT2D eigenvalue weighted by molar-refractivity contribution is -0.146. The number of nitrogens with two attached hydrogens (primary N) is 2. The Labute approximate surface area is 357 Å². The van der Waals surface area contributed by atoms with Crippen molar-refractivity contribution in [2.75, 3.05) is 102 Å². The van der Waals surface area contributed by atoms with E-state index >= 15 is 0 Å². The second-order valence-corrected chi connectivity index (χ2v) is 14.2. The SMILES string of the molecule is COc1ccc(CN2CC(=O)N(CCCN)CC(=O)N(Cc3ccc(OC)c(OC)c3)CC(=O)N(Cc3ccc(OC)c(OC)c3)CC(=O)N(CCCN)CC2=O)cc1OC. The molecular formula is C43H59N7O11. The Morgan fingerprint density at radius 1 is 0.393 bits per heavy atom. The van der Waals surface area contributed by atoms with Gasteiger partial charge in [0.15, 0.2) is 34.5 Å². The predicted octanol–water partition coefficient (Wildman–Crippen LogP) is 1.49. The standard InChI is InChI=1S/C43H59N7O11/c1-56-33-12-9-30(19-36(33)59-4)22-48-27-39(51)47(18-8-16-45)26-42(54)50(24-32-11-14-35(58-3)38(21-32)61-6)29-43(55)49(23-31-10-13-34(57-2)37(20-31)60-5)28-40(52)46(17-7-15-44)25-41(48)53/h9-14,19-21H,7-8,15-18,22-29,44-45H2,1-6H3. The third kappa shape index (κ3) is 13.1. The van der Waals surface area contributed by atoms with Crippen molar-refractivity contribution in [2.45, 2.75) is 32.5 Å². The van der Waals surface area contributed by atoms with Crippen LogP contribution >= 0.6 is 0 Å². The van der Waals surface area contributed by atoms with Crippen molar-refractivity contribution < 1.29 is 52.4 Å². The molecule has 1 fully saturated rings. The number of amides is 5. The highest BCUT2D eigenvalue weighted by Gasteiger charge is 2.31. The maximum absolute atomic E-state index is 14.6. The number of methoxy groups -OCH3 is 6. The van der Waals surface area contributed by atoms with E-state index in [2.05, 4.69) is 0 Å². The van der Waals surface area contributed by atoms with E-state index < -0.39 is 62.3 Å². The van der Waals surface area contributed by atoms with Crippen molar-refractivity contribution in [2.24, 2.45) is 11.5 Å². The average molecular weight is 850 g/mol. The minimum Gasteiger partial charge on any atom is -0.493 e. The van der Waals surface area contributed by atoms with E-state index in [4.69, 9.17) is 39.9 Å². The molecule has 1 aliphatic rings. The van der Waals surface area contributed by atoms with Crippen LogP contribution in [0.2, 0.25) is 0 Å². The van der Waals surface area contributed by atoms with Crippen LogP contribution in [0.5, 0.6) is 34.5 Å². The molecule has 0 atom stereocenters. The molecule has 1 aliphatic heterocycles. The van der Waals surface area contributed by atoms with Gasteiger partial charge < -0.3 is 64.4 Å². The monoisotopic (exact) mass is 849 g/mol. The van der Waals surface area contributed by atoms with E-state index in [1.807, 2.05) is 0 Å². The van der Waals surface area contributed by atoms with Crippen LogP contribution in [0.15, 0.2) is 54.6 Å². The van der Waals surface area contributed by atoms with Gasteiger partial charge in [-0.1, -0.05) is 18.2 Å². The maximum atomic E-state index is 14.6. The van der Waals surface area contributed by atoms with Crippen LogP contribution in [0, 0.1) is 0 Å². The molecule has 0 bridgehead atoms. The Balaban J connectivity index is 1.84. The van der Waals surface area contributed by atoms with Gasteiger partial charge in [-0.2, -0.15) is 0 Å². The highest BCUT2D eigenvalue weighted by Crippen LogP contribution is 2.30. The molecular weight excluding hydrogens is 791 g/mol. The largest absolute Gasteiger partial charge is 0.493 e. The van der Waals surface area contributed by atoms with Gasteiger partial charge in [0.25, 0.3) is 0 Å². The van der Waals surface area contributed by atoms with Gasteiger partial charge in [-0.3, -0.25) is 24.0 Å². The zero-order valence-corrected chi connectivity index (χ0v) is 36.0. The van der Waals surface area contributed by atoms with Crippen LogP contribution in [-0.4, -0.2) is 156 Å². The molecule has 0 unspecified atom stereocenters. The van der Waals surface area contributed by atoms with E-state index in [9.17, 15) is 24.0 Å². The number of benzene rings is 3. The molecule has 4 N–H and O–H groups in total. The van der Waals surface area contributed by atoms with Gasteiger partial charge in [0, 0.05) is 32.7 Å². The molecule has 4 rings (SSSR count). The molecule has 1 saturated heterocycles. The normalized spacial score (nSPS) is 14.8. The van der Waals surface area contributed by atoms with Gasteiger partial charge in [-0.05, 0) is 79.0 Å². The Kier molecular flexibility index (Phi) is 18.3. The molecule has 5 amide bonds. The van der Waals surface area contributed by atoms with Gasteiger partial charge in [-0.15, -0.1) is 0 Å². The van der Waals surface area contributed by atoms with Gasteiger partial charge >= 0.3 is 0 Å². The molecule has 0 spiro atoms. The summed E-state index contributed by atoms with van der Waals surface area (Å²) < 4.78 is 32.7. The van der Waals surface area contributed by atoms with Gasteiger partial charge in [0.05, 0.1) is 55.7 Å². The molecule has 3 aromatic rings. The number of carbonyl (C=O) groups is 5. The molecule has 3 aromatic carbocycles. The zero-order valence-electron chi connectivity index (χ0n) is 36.0. The highest BCUT2D eigenvalue weighted by molar-refractivity contribution is 5.93. The molecule has 0 saturated carbocycles. The van der Waals surface area contributed by atoms with Crippen LogP contribution in [0.4, 0.5) is 0 Å². The first kappa shape index (κ1) is 47.4. The number of hydrogen-bond acceptors (Lipinski definition) is 13. The van der Waals surface area contributed by atoms with Gasteiger partial charge in [0.1, 0.15) is 19.6 Å². The molecule has 332 valence electrons. The van der Waals surface area contributed by atoms with Crippen molar-refractivity contribution in [3.05, 3.63) is 71.3 Å². The summed E-state index contributed by atoms with van der Waals surface area (Å²) in [6.07, 6.45) is 0.718.